The summed E-state index contributed by atoms with van der Waals surface area (Å²) >= 11 is 0. The van der Waals surface area contributed by atoms with Crippen LogP contribution < -0.4 is 0 Å². The fraction of sp³-hybridized carbons (Fsp3) is 0.0769. The third kappa shape index (κ3) is 1.98. The van der Waals surface area contributed by atoms with Crippen molar-refractivity contribution in [2.45, 2.75) is 0 Å². The summed E-state index contributed by atoms with van der Waals surface area (Å²) in [5, 5.41) is 19.6. The third-order valence-electron chi connectivity index (χ3n) is 2.61. The summed E-state index contributed by atoms with van der Waals surface area (Å²) in [4.78, 5) is 22.2. The number of carbonyl (C=O) groups is 2. The van der Waals surface area contributed by atoms with E-state index >= 15 is 0 Å². The van der Waals surface area contributed by atoms with Gasteiger partial charge < -0.3 is 14.9 Å². The molecule has 0 heterocycles. The summed E-state index contributed by atoms with van der Waals surface area (Å²) in [5.41, 5.74) is 0.122. The summed E-state index contributed by atoms with van der Waals surface area (Å²) in [5.74, 6) is -2.03. The zero-order chi connectivity index (χ0) is 13.3. The van der Waals surface area contributed by atoms with E-state index in [1.54, 1.807) is 12.1 Å². The predicted octanol–water partition coefficient (Wildman–Crippen LogP) is 2.03. The molecule has 2 aromatic rings. The molecule has 18 heavy (non-hydrogen) atoms. The molecule has 0 fully saturated rings. The summed E-state index contributed by atoms with van der Waals surface area (Å²) in [6.07, 6.45) is 0. The third-order valence-corrected chi connectivity index (χ3v) is 2.61. The molecule has 92 valence electrons. The molecule has 0 saturated heterocycles. The standard InChI is InChI=1S/C13H10O5/c1-18-13(17)8-3-2-7-6-11(14)10(12(15)16)5-9(7)4-8/h2-6,14H,1H3,(H,15,16). The second-order valence-electron chi connectivity index (χ2n) is 3.73. The summed E-state index contributed by atoms with van der Waals surface area (Å²) in [6.45, 7) is 0. The lowest BCUT2D eigenvalue weighted by Crippen LogP contribution is -2.01. The van der Waals surface area contributed by atoms with E-state index < -0.39 is 11.9 Å². The van der Waals surface area contributed by atoms with Crippen molar-refractivity contribution in [3.05, 3.63) is 41.5 Å². The van der Waals surface area contributed by atoms with Gasteiger partial charge in [0.15, 0.2) is 0 Å². The molecule has 0 bridgehead atoms. The molecule has 5 heteroatoms. The Morgan fingerprint density at radius 2 is 1.83 bits per heavy atom. The van der Waals surface area contributed by atoms with Crippen molar-refractivity contribution in [2.75, 3.05) is 7.11 Å². The minimum absolute atomic E-state index is 0.204. The summed E-state index contributed by atoms with van der Waals surface area (Å²) in [6, 6.07) is 7.35. The van der Waals surface area contributed by atoms with Crippen LogP contribution in [0, 0.1) is 0 Å². The Morgan fingerprint density at radius 3 is 2.44 bits per heavy atom. The average molecular weight is 246 g/mol. The van der Waals surface area contributed by atoms with E-state index in [1.165, 1.54) is 25.3 Å². The number of aromatic hydroxyl groups is 1. The topological polar surface area (TPSA) is 83.8 Å². The summed E-state index contributed by atoms with van der Waals surface area (Å²) < 4.78 is 4.58. The second-order valence-corrected chi connectivity index (χ2v) is 3.73. The van der Waals surface area contributed by atoms with Crippen LogP contribution in [0.25, 0.3) is 10.8 Å². The summed E-state index contributed by atoms with van der Waals surface area (Å²) in [7, 11) is 1.27. The van der Waals surface area contributed by atoms with E-state index in [4.69, 9.17) is 5.11 Å². The zero-order valence-electron chi connectivity index (χ0n) is 9.51. The molecule has 2 aromatic carbocycles. The number of carboxylic acids is 1. The Morgan fingerprint density at radius 1 is 1.11 bits per heavy atom. The Labute approximate surface area is 102 Å². The monoisotopic (exact) mass is 246 g/mol. The number of rotatable bonds is 2. The van der Waals surface area contributed by atoms with Crippen molar-refractivity contribution in [3.8, 4) is 5.75 Å². The van der Waals surface area contributed by atoms with E-state index in [2.05, 4.69) is 4.74 Å². The molecule has 0 atom stereocenters. The van der Waals surface area contributed by atoms with Crippen LogP contribution in [-0.4, -0.2) is 29.3 Å². The first-order valence-electron chi connectivity index (χ1n) is 5.11. The first-order chi connectivity index (χ1) is 8.52. The molecule has 0 aliphatic carbocycles. The number of benzene rings is 2. The van der Waals surface area contributed by atoms with Crippen LogP contribution in [0.15, 0.2) is 30.3 Å². The molecule has 0 aromatic heterocycles. The molecular weight excluding hydrogens is 236 g/mol. The van der Waals surface area contributed by atoms with Gasteiger partial charge in [-0.25, -0.2) is 9.59 Å². The minimum atomic E-state index is -1.22. The maximum absolute atomic E-state index is 11.4. The van der Waals surface area contributed by atoms with Crippen LogP contribution in [0.3, 0.4) is 0 Å². The lowest BCUT2D eigenvalue weighted by molar-refractivity contribution is 0.0600. The Hall–Kier alpha value is -2.56. The number of esters is 1. The molecule has 0 amide bonds. The van der Waals surface area contributed by atoms with Crippen molar-refractivity contribution in [3.63, 3.8) is 0 Å². The van der Waals surface area contributed by atoms with Gasteiger partial charge >= 0.3 is 11.9 Å². The van der Waals surface area contributed by atoms with Crippen LogP contribution in [0.4, 0.5) is 0 Å². The quantitative estimate of drug-likeness (QED) is 0.792. The number of hydrogen-bond acceptors (Lipinski definition) is 4. The van der Waals surface area contributed by atoms with Crippen LogP contribution in [-0.2, 0) is 4.74 Å². The van der Waals surface area contributed by atoms with Gasteiger partial charge in [-0.1, -0.05) is 6.07 Å². The van der Waals surface area contributed by atoms with Crippen LogP contribution >= 0.6 is 0 Å². The van der Waals surface area contributed by atoms with Crippen molar-refractivity contribution in [2.24, 2.45) is 0 Å². The molecule has 0 spiro atoms. The highest BCUT2D eigenvalue weighted by Crippen LogP contribution is 2.26. The lowest BCUT2D eigenvalue weighted by Gasteiger charge is -2.05. The predicted molar refractivity (Wildman–Crippen MR) is 63.9 cm³/mol. The maximum atomic E-state index is 11.4. The van der Waals surface area contributed by atoms with Crippen molar-refractivity contribution in [1.82, 2.24) is 0 Å². The normalized spacial score (nSPS) is 10.3. The van der Waals surface area contributed by atoms with E-state index in [0.29, 0.717) is 16.3 Å². The molecule has 2 N–H and O–H groups in total. The molecule has 0 radical (unpaired) electrons. The van der Waals surface area contributed by atoms with Crippen LogP contribution in [0.5, 0.6) is 5.75 Å². The number of phenols is 1. The number of hydrogen-bond donors (Lipinski definition) is 2. The van der Waals surface area contributed by atoms with Gasteiger partial charge in [-0.3, -0.25) is 0 Å². The number of ether oxygens (including phenoxy) is 1. The van der Waals surface area contributed by atoms with Gasteiger partial charge in [-0.05, 0) is 35.0 Å². The van der Waals surface area contributed by atoms with E-state index in [0.717, 1.165) is 0 Å². The highest BCUT2D eigenvalue weighted by atomic mass is 16.5. The minimum Gasteiger partial charge on any atom is -0.507 e. The van der Waals surface area contributed by atoms with E-state index in [1.807, 2.05) is 0 Å². The molecule has 0 aliphatic rings. The Bertz CT molecular complexity index is 645. The second kappa shape index (κ2) is 4.37. The zero-order valence-corrected chi connectivity index (χ0v) is 9.51. The van der Waals surface area contributed by atoms with Gasteiger partial charge in [0.25, 0.3) is 0 Å². The van der Waals surface area contributed by atoms with Gasteiger partial charge in [0, 0.05) is 0 Å². The van der Waals surface area contributed by atoms with Gasteiger partial charge in [-0.2, -0.15) is 0 Å². The van der Waals surface area contributed by atoms with Crippen molar-refractivity contribution < 1.29 is 24.5 Å². The smallest absolute Gasteiger partial charge is 0.339 e. The molecule has 0 unspecified atom stereocenters. The number of carboxylic acid groups (broad SMARTS) is 1. The fourth-order valence-corrected chi connectivity index (χ4v) is 1.70. The molecule has 0 saturated carbocycles. The number of fused-ring (bicyclic) bond motifs is 1. The first kappa shape index (κ1) is 11.9. The SMILES string of the molecule is COC(=O)c1ccc2cc(O)c(C(=O)O)cc2c1. The number of methoxy groups -OCH3 is 1. The highest BCUT2D eigenvalue weighted by Gasteiger charge is 2.12. The van der Waals surface area contributed by atoms with Crippen LogP contribution in [0.2, 0.25) is 0 Å². The van der Waals surface area contributed by atoms with Gasteiger partial charge in [0.2, 0.25) is 0 Å². The molecular formula is C13H10O5. The van der Waals surface area contributed by atoms with Gasteiger partial charge in [0.1, 0.15) is 11.3 Å². The number of carbonyl (C=O) groups excluding carboxylic acids is 1. The Kier molecular flexibility index (Phi) is 2.89. The number of aromatic carboxylic acids is 1. The molecule has 5 nitrogen and oxygen atoms in total. The molecule has 2 rings (SSSR count). The van der Waals surface area contributed by atoms with E-state index in [9.17, 15) is 14.7 Å². The van der Waals surface area contributed by atoms with Crippen LogP contribution in [0.1, 0.15) is 20.7 Å². The van der Waals surface area contributed by atoms with E-state index in [-0.39, 0.29) is 11.3 Å². The molecule has 0 aliphatic heterocycles. The largest absolute Gasteiger partial charge is 0.507 e. The highest BCUT2D eigenvalue weighted by molar-refractivity contribution is 6.00. The van der Waals surface area contributed by atoms with Crippen molar-refractivity contribution >= 4 is 22.7 Å². The van der Waals surface area contributed by atoms with Gasteiger partial charge in [-0.15, -0.1) is 0 Å². The first-order valence-corrected chi connectivity index (χ1v) is 5.11. The maximum Gasteiger partial charge on any atom is 0.339 e. The fourth-order valence-electron chi connectivity index (χ4n) is 1.70. The van der Waals surface area contributed by atoms with Gasteiger partial charge in [0.05, 0.1) is 12.7 Å². The Balaban J connectivity index is 2.65. The lowest BCUT2D eigenvalue weighted by atomic mass is 10.0. The average Bonchev–Trinajstić information content (AvgIpc) is 2.36. The van der Waals surface area contributed by atoms with Crippen molar-refractivity contribution in [1.29, 1.82) is 0 Å².